The van der Waals surface area contributed by atoms with Gasteiger partial charge < -0.3 is 9.80 Å². The molecule has 6 rings (SSSR count). The van der Waals surface area contributed by atoms with Crippen molar-refractivity contribution in [2.45, 2.75) is 89.4 Å². The molecule has 2 aromatic carbocycles. The Bertz CT molecular complexity index is 1240. The number of likely N-dealkylation sites (tertiary alicyclic amines) is 1. The Hall–Kier alpha value is -3.19. The van der Waals surface area contributed by atoms with E-state index < -0.39 is 6.04 Å². The number of piperidine rings is 3. The van der Waals surface area contributed by atoms with E-state index in [0.29, 0.717) is 24.6 Å². The molecule has 3 fully saturated rings. The summed E-state index contributed by atoms with van der Waals surface area (Å²) in [4.78, 5) is 43.9. The molecule has 0 aliphatic carbocycles. The summed E-state index contributed by atoms with van der Waals surface area (Å²) in [5.41, 5.74) is 5.82. The number of imide groups is 1. The molecule has 0 spiro atoms. The Labute approximate surface area is 231 Å². The summed E-state index contributed by atoms with van der Waals surface area (Å²) in [6.07, 6.45) is 10.5. The van der Waals surface area contributed by atoms with Crippen LogP contribution in [-0.4, -0.2) is 59.2 Å². The first-order chi connectivity index (χ1) is 19.1. The van der Waals surface area contributed by atoms with Gasteiger partial charge in [0.15, 0.2) is 0 Å². The first-order valence-electron chi connectivity index (χ1n) is 14.9. The van der Waals surface area contributed by atoms with Gasteiger partial charge in [0.2, 0.25) is 11.8 Å². The van der Waals surface area contributed by atoms with Crippen LogP contribution in [-0.2, 0) is 29.1 Å². The monoisotopic (exact) mass is 528 g/mol. The van der Waals surface area contributed by atoms with Gasteiger partial charge in [0.05, 0.1) is 0 Å². The molecule has 2 atom stereocenters. The van der Waals surface area contributed by atoms with Gasteiger partial charge in [-0.15, -0.1) is 0 Å². The minimum absolute atomic E-state index is 0.100. The van der Waals surface area contributed by atoms with Crippen LogP contribution in [0.4, 0.5) is 5.69 Å². The minimum Gasteiger partial charge on any atom is -0.371 e. The van der Waals surface area contributed by atoms with E-state index in [1.807, 2.05) is 6.07 Å². The second-order valence-electron chi connectivity index (χ2n) is 11.7. The number of carbonyl (C=O) groups excluding carboxylic acids is 3. The number of nitrogens with one attached hydrogen (secondary N) is 1. The molecule has 39 heavy (non-hydrogen) atoms. The standard InChI is InChI=1S/C32H40N4O3/c37-30-16-15-29(31(38)33-30)36-22-25-20-23(12-14-27(25)32(36)39)11-13-26-9-4-7-19-35(26)21-24-8-2-3-10-28(24)34-17-5-1-6-18-34/h2-3,8,10,12,14,20,26,29H,1,4-7,9,11,13,15-19,21-22H2,(H,33,37,38)/t26-,29?/m1/s1. The number of hydrogen-bond acceptors (Lipinski definition) is 5. The van der Waals surface area contributed by atoms with E-state index in [1.165, 1.54) is 68.4 Å². The Morgan fingerprint density at radius 2 is 1.69 bits per heavy atom. The number of anilines is 1. The molecule has 4 aliphatic rings. The van der Waals surface area contributed by atoms with Crippen LogP contribution in [0.15, 0.2) is 42.5 Å². The van der Waals surface area contributed by atoms with Crippen molar-refractivity contribution in [2.24, 2.45) is 0 Å². The third-order valence-electron chi connectivity index (χ3n) is 9.17. The van der Waals surface area contributed by atoms with Crippen molar-refractivity contribution >= 4 is 23.4 Å². The highest BCUT2D eigenvalue weighted by Gasteiger charge is 2.39. The van der Waals surface area contributed by atoms with Gasteiger partial charge in [-0.2, -0.15) is 0 Å². The molecule has 206 valence electrons. The molecule has 0 bridgehead atoms. The zero-order valence-electron chi connectivity index (χ0n) is 22.9. The van der Waals surface area contributed by atoms with E-state index >= 15 is 0 Å². The van der Waals surface area contributed by atoms with Crippen molar-refractivity contribution in [3.8, 4) is 0 Å². The van der Waals surface area contributed by atoms with Gasteiger partial charge in [0.25, 0.3) is 5.91 Å². The maximum absolute atomic E-state index is 13.0. The quantitative estimate of drug-likeness (QED) is 0.539. The number of rotatable bonds is 7. The van der Waals surface area contributed by atoms with Gasteiger partial charge in [0.1, 0.15) is 6.04 Å². The maximum atomic E-state index is 13.0. The number of benzene rings is 2. The van der Waals surface area contributed by atoms with Crippen LogP contribution >= 0.6 is 0 Å². The maximum Gasteiger partial charge on any atom is 0.255 e. The van der Waals surface area contributed by atoms with Crippen LogP contribution in [0.1, 0.15) is 84.8 Å². The van der Waals surface area contributed by atoms with E-state index in [1.54, 1.807) is 4.90 Å². The number of hydrogen-bond donors (Lipinski definition) is 1. The lowest BCUT2D eigenvalue weighted by atomic mass is 9.94. The Morgan fingerprint density at radius 1 is 0.872 bits per heavy atom. The fraction of sp³-hybridized carbons (Fsp3) is 0.531. The predicted octanol–water partition coefficient (Wildman–Crippen LogP) is 4.43. The third kappa shape index (κ3) is 5.60. The molecular formula is C32H40N4O3. The van der Waals surface area contributed by atoms with E-state index in [9.17, 15) is 14.4 Å². The van der Waals surface area contributed by atoms with E-state index in [4.69, 9.17) is 0 Å². The van der Waals surface area contributed by atoms with Crippen LogP contribution < -0.4 is 10.2 Å². The van der Waals surface area contributed by atoms with Crippen molar-refractivity contribution in [1.82, 2.24) is 15.1 Å². The molecule has 0 radical (unpaired) electrons. The molecule has 4 heterocycles. The average Bonchev–Trinajstić information content (AvgIpc) is 3.28. The highest BCUT2D eigenvalue weighted by molar-refractivity contribution is 6.05. The van der Waals surface area contributed by atoms with Gasteiger partial charge in [0, 0.05) is 49.9 Å². The number of aryl methyl sites for hydroxylation is 1. The molecule has 4 aliphatic heterocycles. The van der Waals surface area contributed by atoms with Crippen molar-refractivity contribution in [3.63, 3.8) is 0 Å². The van der Waals surface area contributed by atoms with Crippen LogP contribution in [0.5, 0.6) is 0 Å². The Balaban J connectivity index is 1.10. The van der Waals surface area contributed by atoms with E-state index in [-0.39, 0.29) is 24.1 Å². The summed E-state index contributed by atoms with van der Waals surface area (Å²) in [7, 11) is 0. The van der Waals surface area contributed by atoms with Crippen molar-refractivity contribution in [3.05, 3.63) is 64.7 Å². The second kappa shape index (κ2) is 11.5. The number of fused-ring (bicyclic) bond motifs is 1. The summed E-state index contributed by atoms with van der Waals surface area (Å²) in [5.74, 6) is -0.710. The molecule has 0 saturated carbocycles. The number of nitrogens with zero attached hydrogens (tertiary/aromatic N) is 3. The van der Waals surface area contributed by atoms with Crippen molar-refractivity contribution in [1.29, 1.82) is 0 Å². The summed E-state index contributed by atoms with van der Waals surface area (Å²) in [5, 5.41) is 2.39. The number of para-hydroxylation sites is 1. The van der Waals surface area contributed by atoms with Gasteiger partial charge >= 0.3 is 0 Å². The SMILES string of the molecule is O=C1CCC(N2Cc3cc(CC[C@H]4CCCCN4Cc4ccccc4N4CCCCC4)ccc3C2=O)C(=O)N1. The summed E-state index contributed by atoms with van der Waals surface area (Å²) >= 11 is 0. The van der Waals surface area contributed by atoms with Crippen LogP contribution in [0.2, 0.25) is 0 Å². The van der Waals surface area contributed by atoms with Crippen LogP contribution in [0.25, 0.3) is 0 Å². The minimum atomic E-state index is -0.560. The first-order valence-corrected chi connectivity index (χ1v) is 14.9. The molecule has 1 unspecified atom stereocenters. The molecule has 0 aromatic heterocycles. The topological polar surface area (TPSA) is 73.0 Å². The Kier molecular flexibility index (Phi) is 7.69. The van der Waals surface area contributed by atoms with Crippen LogP contribution in [0, 0.1) is 0 Å². The summed E-state index contributed by atoms with van der Waals surface area (Å²) < 4.78 is 0. The van der Waals surface area contributed by atoms with Crippen LogP contribution in [0.3, 0.4) is 0 Å². The van der Waals surface area contributed by atoms with E-state index in [0.717, 1.165) is 31.5 Å². The lowest BCUT2D eigenvalue weighted by molar-refractivity contribution is -0.136. The molecule has 1 N–H and O–H groups in total. The van der Waals surface area contributed by atoms with Gasteiger partial charge in [-0.1, -0.05) is 36.8 Å². The van der Waals surface area contributed by atoms with Gasteiger partial charge in [-0.3, -0.25) is 24.6 Å². The van der Waals surface area contributed by atoms with Gasteiger partial charge in [-0.25, -0.2) is 0 Å². The fourth-order valence-electron chi connectivity index (χ4n) is 7.02. The Morgan fingerprint density at radius 3 is 2.54 bits per heavy atom. The molecule has 3 saturated heterocycles. The largest absolute Gasteiger partial charge is 0.371 e. The average molecular weight is 529 g/mol. The molecular weight excluding hydrogens is 488 g/mol. The predicted molar refractivity (Wildman–Crippen MR) is 151 cm³/mol. The number of amides is 3. The lowest BCUT2D eigenvalue weighted by Crippen LogP contribution is -2.52. The second-order valence-corrected chi connectivity index (χ2v) is 11.7. The molecule has 7 nitrogen and oxygen atoms in total. The summed E-state index contributed by atoms with van der Waals surface area (Å²) in [6, 6.07) is 15.2. The smallest absolute Gasteiger partial charge is 0.255 e. The third-order valence-corrected chi connectivity index (χ3v) is 9.17. The molecule has 2 aromatic rings. The zero-order chi connectivity index (χ0) is 26.8. The van der Waals surface area contributed by atoms with E-state index in [2.05, 4.69) is 51.5 Å². The molecule has 7 heteroatoms. The highest BCUT2D eigenvalue weighted by Crippen LogP contribution is 2.31. The normalized spacial score (nSPS) is 24.2. The molecule has 3 amide bonds. The first kappa shape index (κ1) is 26.1. The number of carbonyl (C=O) groups is 3. The fourth-order valence-corrected chi connectivity index (χ4v) is 7.02. The van der Waals surface area contributed by atoms with Gasteiger partial charge in [-0.05, 0) is 86.7 Å². The zero-order valence-corrected chi connectivity index (χ0v) is 22.9. The lowest BCUT2D eigenvalue weighted by Gasteiger charge is -2.37. The van der Waals surface area contributed by atoms with Crippen molar-refractivity contribution < 1.29 is 14.4 Å². The van der Waals surface area contributed by atoms with Crippen molar-refractivity contribution in [2.75, 3.05) is 24.5 Å². The highest BCUT2D eigenvalue weighted by atomic mass is 16.2. The summed E-state index contributed by atoms with van der Waals surface area (Å²) in [6.45, 7) is 4.94.